The first-order valence-electron chi connectivity index (χ1n) is 8.78. The molecule has 122 valence electrons. The molecule has 2 N–H and O–H groups in total. The minimum absolute atomic E-state index is 0.0504. The summed E-state index contributed by atoms with van der Waals surface area (Å²) in [4.78, 5) is 13.1. The SMILES string of the molecule is N#Cc1c(N)c(C(=O)c2ccc3c(c2)CCCC3)n2c1CCCC2. The second-order valence-corrected chi connectivity index (χ2v) is 6.82. The summed E-state index contributed by atoms with van der Waals surface area (Å²) in [6, 6.07) is 8.24. The number of aryl methyl sites for hydroxylation is 2. The fourth-order valence-electron chi connectivity index (χ4n) is 4.14. The molecule has 1 aliphatic heterocycles. The standard InChI is InChI=1S/C20H21N3O/c21-12-16-17-7-3-4-10-23(17)19(18(16)22)20(24)15-9-8-13-5-1-2-6-14(13)11-15/h8-9,11H,1-7,10,22H2. The van der Waals surface area contributed by atoms with Crippen molar-refractivity contribution in [1.29, 1.82) is 5.26 Å². The predicted molar refractivity (Wildman–Crippen MR) is 93.0 cm³/mol. The van der Waals surface area contributed by atoms with E-state index < -0.39 is 0 Å². The van der Waals surface area contributed by atoms with E-state index >= 15 is 0 Å². The van der Waals surface area contributed by atoms with Crippen molar-refractivity contribution in [3.63, 3.8) is 0 Å². The molecule has 24 heavy (non-hydrogen) atoms. The van der Waals surface area contributed by atoms with Crippen LogP contribution in [0, 0.1) is 11.3 Å². The first-order chi connectivity index (χ1) is 11.7. The van der Waals surface area contributed by atoms with Crippen LogP contribution in [-0.4, -0.2) is 10.4 Å². The smallest absolute Gasteiger partial charge is 0.211 e. The van der Waals surface area contributed by atoms with Crippen molar-refractivity contribution in [2.45, 2.75) is 51.5 Å². The minimum atomic E-state index is -0.0504. The summed E-state index contributed by atoms with van der Waals surface area (Å²) in [5.74, 6) is -0.0504. The molecule has 0 radical (unpaired) electrons. The van der Waals surface area contributed by atoms with Crippen LogP contribution < -0.4 is 5.73 Å². The van der Waals surface area contributed by atoms with Crippen molar-refractivity contribution in [3.05, 3.63) is 51.8 Å². The van der Waals surface area contributed by atoms with E-state index in [-0.39, 0.29) is 5.78 Å². The highest BCUT2D eigenvalue weighted by Crippen LogP contribution is 2.32. The van der Waals surface area contributed by atoms with Crippen molar-refractivity contribution in [3.8, 4) is 6.07 Å². The molecule has 4 heteroatoms. The fraction of sp³-hybridized carbons (Fsp3) is 0.400. The van der Waals surface area contributed by atoms with Crippen LogP contribution in [0.4, 0.5) is 5.69 Å². The highest BCUT2D eigenvalue weighted by molar-refractivity contribution is 6.12. The summed E-state index contributed by atoms with van der Waals surface area (Å²) in [5, 5.41) is 9.44. The van der Waals surface area contributed by atoms with Crippen LogP contribution in [-0.2, 0) is 25.8 Å². The van der Waals surface area contributed by atoms with E-state index in [1.807, 2.05) is 16.7 Å². The zero-order chi connectivity index (χ0) is 16.7. The van der Waals surface area contributed by atoms with Gasteiger partial charge < -0.3 is 10.3 Å². The Kier molecular flexibility index (Phi) is 3.65. The number of benzene rings is 1. The monoisotopic (exact) mass is 319 g/mol. The summed E-state index contributed by atoms with van der Waals surface area (Å²) < 4.78 is 1.99. The van der Waals surface area contributed by atoms with Gasteiger partial charge in [0.25, 0.3) is 0 Å². The minimum Gasteiger partial charge on any atom is -0.396 e. The van der Waals surface area contributed by atoms with E-state index in [0.29, 0.717) is 22.5 Å². The van der Waals surface area contributed by atoms with Crippen LogP contribution in [0.25, 0.3) is 0 Å². The number of nitriles is 1. The highest BCUT2D eigenvalue weighted by Gasteiger charge is 2.28. The molecule has 0 saturated carbocycles. The Labute approximate surface area is 141 Å². The van der Waals surface area contributed by atoms with Gasteiger partial charge in [-0.15, -0.1) is 0 Å². The Bertz CT molecular complexity index is 870. The first-order valence-corrected chi connectivity index (χ1v) is 8.78. The van der Waals surface area contributed by atoms with E-state index in [4.69, 9.17) is 5.73 Å². The molecule has 4 rings (SSSR count). The molecule has 0 fully saturated rings. The van der Waals surface area contributed by atoms with Crippen molar-refractivity contribution in [1.82, 2.24) is 4.57 Å². The number of hydrogen-bond acceptors (Lipinski definition) is 3. The van der Waals surface area contributed by atoms with Gasteiger partial charge in [-0.3, -0.25) is 4.79 Å². The quantitative estimate of drug-likeness (QED) is 0.862. The van der Waals surface area contributed by atoms with Gasteiger partial charge >= 0.3 is 0 Å². The molecule has 2 aliphatic rings. The lowest BCUT2D eigenvalue weighted by molar-refractivity contribution is 0.103. The maximum absolute atomic E-state index is 13.1. The number of nitrogen functional groups attached to an aromatic ring is 1. The van der Waals surface area contributed by atoms with Gasteiger partial charge in [0.2, 0.25) is 5.78 Å². The Balaban J connectivity index is 1.81. The Morgan fingerprint density at radius 1 is 1.08 bits per heavy atom. The molecule has 0 spiro atoms. The van der Waals surface area contributed by atoms with Gasteiger partial charge in [0.15, 0.2) is 0 Å². The molecule has 0 unspecified atom stereocenters. The average molecular weight is 319 g/mol. The Morgan fingerprint density at radius 2 is 1.83 bits per heavy atom. The van der Waals surface area contributed by atoms with E-state index in [9.17, 15) is 10.1 Å². The first kappa shape index (κ1) is 15.0. The van der Waals surface area contributed by atoms with Gasteiger partial charge in [0.1, 0.15) is 11.8 Å². The Hall–Kier alpha value is -2.54. The lowest BCUT2D eigenvalue weighted by Crippen LogP contribution is -2.17. The summed E-state index contributed by atoms with van der Waals surface area (Å²) in [6.45, 7) is 0.771. The van der Waals surface area contributed by atoms with Crippen molar-refractivity contribution < 1.29 is 4.79 Å². The normalized spacial score (nSPS) is 16.1. The number of hydrogen-bond donors (Lipinski definition) is 1. The molecule has 0 atom stereocenters. The second-order valence-electron chi connectivity index (χ2n) is 6.82. The fourth-order valence-corrected chi connectivity index (χ4v) is 4.14. The van der Waals surface area contributed by atoms with E-state index in [1.165, 1.54) is 24.0 Å². The summed E-state index contributed by atoms with van der Waals surface area (Å²) in [7, 11) is 0. The molecule has 1 aromatic heterocycles. The van der Waals surface area contributed by atoms with Gasteiger partial charge in [-0.1, -0.05) is 12.1 Å². The molecule has 0 saturated heterocycles. The molecule has 0 amide bonds. The number of ketones is 1. The topological polar surface area (TPSA) is 71.8 Å². The summed E-state index contributed by atoms with van der Waals surface area (Å²) >= 11 is 0. The van der Waals surface area contributed by atoms with Crippen LogP contribution in [0.1, 0.15) is 64.1 Å². The predicted octanol–water partition coefficient (Wildman–Crippen LogP) is 3.39. The molecule has 1 aliphatic carbocycles. The van der Waals surface area contributed by atoms with E-state index in [2.05, 4.69) is 12.1 Å². The van der Waals surface area contributed by atoms with E-state index in [0.717, 1.165) is 44.3 Å². The van der Waals surface area contributed by atoms with Crippen LogP contribution in [0.3, 0.4) is 0 Å². The number of aromatic nitrogens is 1. The molecule has 4 nitrogen and oxygen atoms in total. The van der Waals surface area contributed by atoms with Gasteiger partial charge in [-0.05, 0) is 62.1 Å². The van der Waals surface area contributed by atoms with Crippen LogP contribution in [0.5, 0.6) is 0 Å². The molecule has 0 bridgehead atoms. The highest BCUT2D eigenvalue weighted by atomic mass is 16.1. The number of rotatable bonds is 2. The molecular formula is C20H21N3O. The van der Waals surface area contributed by atoms with Crippen molar-refractivity contribution >= 4 is 11.5 Å². The average Bonchev–Trinajstić information content (AvgIpc) is 2.91. The van der Waals surface area contributed by atoms with Crippen molar-refractivity contribution in [2.75, 3.05) is 5.73 Å². The number of anilines is 1. The summed E-state index contributed by atoms with van der Waals surface area (Å²) in [5.41, 5.74) is 11.8. The van der Waals surface area contributed by atoms with Crippen LogP contribution >= 0.6 is 0 Å². The number of fused-ring (bicyclic) bond motifs is 2. The third-order valence-electron chi connectivity index (χ3n) is 5.39. The van der Waals surface area contributed by atoms with Gasteiger partial charge in [0.05, 0.1) is 11.3 Å². The van der Waals surface area contributed by atoms with Crippen LogP contribution in [0.15, 0.2) is 18.2 Å². The second kappa shape index (κ2) is 5.83. The maximum Gasteiger partial charge on any atom is 0.211 e. The Morgan fingerprint density at radius 3 is 2.62 bits per heavy atom. The third-order valence-corrected chi connectivity index (χ3v) is 5.39. The van der Waals surface area contributed by atoms with Gasteiger partial charge in [-0.25, -0.2) is 0 Å². The molecule has 2 heterocycles. The zero-order valence-electron chi connectivity index (χ0n) is 13.8. The third kappa shape index (κ3) is 2.24. The number of nitrogens with zero attached hydrogens (tertiary/aromatic N) is 2. The lowest BCUT2D eigenvalue weighted by Gasteiger charge is -2.19. The molecule has 1 aromatic carbocycles. The number of carbonyl (C=O) groups is 1. The summed E-state index contributed by atoms with van der Waals surface area (Å²) in [6.07, 6.45) is 7.45. The molecular weight excluding hydrogens is 298 g/mol. The van der Waals surface area contributed by atoms with E-state index in [1.54, 1.807) is 0 Å². The van der Waals surface area contributed by atoms with Crippen molar-refractivity contribution in [2.24, 2.45) is 0 Å². The lowest BCUT2D eigenvalue weighted by atomic mass is 9.89. The van der Waals surface area contributed by atoms with Crippen LogP contribution in [0.2, 0.25) is 0 Å². The van der Waals surface area contributed by atoms with Gasteiger partial charge in [-0.2, -0.15) is 5.26 Å². The number of nitrogens with two attached hydrogens (primary N) is 1. The number of carbonyl (C=O) groups excluding carboxylic acids is 1. The largest absolute Gasteiger partial charge is 0.396 e. The molecule has 2 aromatic rings. The maximum atomic E-state index is 13.1. The zero-order valence-corrected chi connectivity index (χ0v) is 13.8. The van der Waals surface area contributed by atoms with Gasteiger partial charge in [0, 0.05) is 17.8 Å².